The van der Waals surface area contributed by atoms with Gasteiger partial charge in [0.05, 0.1) is 11.0 Å². The van der Waals surface area contributed by atoms with Gasteiger partial charge >= 0.3 is 0 Å². The summed E-state index contributed by atoms with van der Waals surface area (Å²) in [5.74, 6) is 0. The number of para-hydroxylation sites is 1. The summed E-state index contributed by atoms with van der Waals surface area (Å²) in [5.41, 5.74) is 15.3. The molecule has 1 aromatic heterocycles. The molecule has 0 aliphatic heterocycles. The Hall–Kier alpha value is -5.86. The van der Waals surface area contributed by atoms with Gasteiger partial charge in [0.2, 0.25) is 0 Å². The van der Waals surface area contributed by atoms with Gasteiger partial charge in [0.15, 0.2) is 0 Å². The van der Waals surface area contributed by atoms with Gasteiger partial charge in [0, 0.05) is 21.8 Å². The number of aromatic nitrogens is 1. The molecule has 0 radical (unpaired) electrons. The summed E-state index contributed by atoms with van der Waals surface area (Å²) in [5, 5.41) is 7.54. The van der Waals surface area contributed by atoms with Crippen LogP contribution in [0.25, 0.3) is 71.3 Å². The summed E-state index contributed by atoms with van der Waals surface area (Å²) >= 11 is 0. The fourth-order valence-electron chi connectivity index (χ4n) is 6.72. The van der Waals surface area contributed by atoms with Crippen LogP contribution in [0, 0.1) is 0 Å². The average Bonchev–Trinajstić information content (AvgIpc) is 3.44. The molecule has 0 atom stereocenters. The third-order valence-electron chi connectivity index (χ3n) is 8.83. The van der Waals surface area contributed by atoms with Gasteiger partial charge in [-0.15, -0.1) is 0 Å². The highest BCUT2D eigenvalue weighted by atomic mass is 15.0. The molecule has 0 aliphatic carbocycles. The highest BCUT2D eigenvalue weighted by Crippen LogP contribution is 2.39. The zero-order valence-electron chi connectivity index (χ0n) is 24.9. The predicted molar refractivity (Wildman–Crippen MR) is 193 cm³/mol. The summed E-state index contributed by atoms with van der Waals surface area (Å²) in [6.45, 7) is 0. The molecule has 214 valence electrons. The van der Waals surface area contributed by atoms with Crippen LogP contribution in [0.5, 0.6) is 0 Å². The standard InChI is InChI=1S/C43H32N2/c44-26-8-2-3-11-30-20-23-40-41-25-22-35-29-33(21-24-39(35)43(41)45(42(40)27-30)36-16-4-1-5-17-36)32-14-9-15-34(28-32)38-19-10-13-31-12-6-7-18-37(31)38/h1-10,12-29H,11,44H2/b3-2-,26-8-. The lowest BCUT2D eigenvalue weighted by Gasteiger charge is -2.12. The topological polar surface area (TPSA) is 30.9 Å². The van der Waals surface area contributed by atoms with E-state index in [1.165, 1.54) is 71.2 Å². The molecular weight excluding hydrogens is 544 g/mol. The van der Waals surface area contributed by atoms with Crippen LogP contribution in [-0.4, -0.2) is 4.57 Å². The Morgan fingerprint density at radius 2 is 1.27 bits per heavy atom. The van der Waals surface area contributed by atoms with E-state index in [4.69, 9.17) is 5.73 Å². The molecule has 0 unspecified atom stereocenters. The van der Waals surface area contributed by atoms with Crippen molar-refractivity contribution in [2.24, 2.45) is 5.73 Å². The van der Waals surface area contributed by atoms with Crippen molar-refractivity contribution in [3.63, 3.8) is 0 Å². The van der Waals surface area contributed by atoms with E-state index in [2.05, 4.69) is 156 Å². The maximum absolute atomic E-state index is 5.51. The first kappa shape index (κ1) is 26.7. The van der Waals surface area contributed by atoms with Crippen molar-refractivity contribution >= 4 is 43.4 Å². The van der Waals surface area contributed by atoms with E-state index in [1.54, 1.807) is 6.20 Å². The van der Waals surface area contributed by atoms with Crippen molar-refractivity contribution < 1.29 is 0 Å². The van der Waals surface area contributed by atoms with Crippen molar-refractivity contribution in [3.8, 4) is 27.9 Å². The first-order valence-corrected chi connectivity index (χ1v) is 15.5. The van der Waals surface area contributed by atoms with Gasteiger partial charge in [-0.3, -0.25) is 0 Å². The van der Waals surface area contributed by atoms with Gasteiger partial charge in [0.1, 0.15) is 0 Å². The quantitative estimate of drug-likeness (QED) is 0.196. The molecule has 45 heavy (non-hydrogen) atoms. The predicted octanol–water partition coefficient (Wildman–Crippen LogP) is 11.0. The monoisotopic (exact) mass is 576 g/mol. The minimum Gasteiger partial charge on any atom is -0.405 e. The minimum atomic E-state index is 0.846. The van der Waals surface area contributed by atoms with Crippen molar-refractivity contribution in [1.82, 2.24) is 4.57 Å². The van der Waals surface area contributed by atoms with E-state index >= 15 is 0 Å². The lowest BCUT2D eigenvalue weighted by molar-refractivity contribution is 1.18. The van der Waals surface area contributed by atoms with Crippen LogP contribution in [-0.2, 0) is 6.42 Å². The second kappa shape index (κ2) is 11.3. The van der Waals surface area contributed by atoms with Crippen LogP contribution in [0.1, 0.15) is 5.56 Å². The van der Waals surface area contributed by atoms with Crippen molar-refractivity contribution in [1.29, 1.82) is 0 Å². The Labute approximate surface area is 263 Å². The van der Waals surface area contributed by atoms with Gasteiger partial charge in [-0.1, -0.05) is 127 Å². The van der Waals surface area contributed by atoms with Crippen molar-refractivity contribution in [3.05, 3.63) is 176 Å². The van der Waals surface area contributed by atoms with Crippen molar-refractivity contribution in [2.75, 3.05) is 0 Å². The zero-order valence-corrected chi connectivity index (χ0v) is 24.9. The molecule has 1 heterocycles. The van der Waals surface area contributed by atoms with Crippen LogP contribution in [0.3, 0.4) is 0 Å². The molecule has 2 heteroatoms. The van der Waals surface area contributed by atoms with Crippen LogP contribution in [0.4, 0.5) is 0 Å². The largest absolute Gasteiger partial charge is 0.405 e. The maximum atomic E-state index is 5.51. The number of nitrogens with two attached hydrogens (primary N) is 1. The molecular formula is C43H32N2. The Balaban J connectivity index is 1.29. The molecule has 7 aromatic carbocycles. The number of hydrogen-bond acceptors (Lipinski definition) is 1. The van der Waals surface area contributed by atoms with E-state index in [0.29, 0.717) is 0 Å². The van der Waals surface area contributed by atoms with Crippen LogP contribution >= 0.6 is 0 Å². The molecule has 0 spiro atoms. The summed E-state index contributed by atoms with van der Waals surface area (Å²) < 4.78 is 2.43. The molecule has 0 fully saturated rings. The smallest absolute Gasteiger partial charge is 0.0619 e. The maximum Gasteiger partial charge on any atom is 0.0619 e. The number of fused-ring (bicyclic) bond motifs is 6. The highest BCUT2D eigenvalue weighted by molar-refractivity contribution is 6.19. The third kappa shape index (κ3) is 4.77. The van der Waals surface area contributed by atoms with Crippen molar-refractivity contribution in [2.45, 2.75) is 6.42 Å². The molecule has 2 nitrogen and oxygen atoms in total. The molecule has 0 saturated heterocycles. The Kier molecular flexibility index (Phi) is 6.73. The second-order valence-electron chi connectivity index (χ2n) is 11.5. The van der Waals surface area contributed by atoms with Crippen LogP contribution in [0.15, 0.2) is 170 Å². The van der Waals surface area contributed by atoms with Gasteiger partial charge in [0.25, 0.3) is 0 Å². The Morgan fingerprint density at radius 1 is 0.511 bits per heavy atom. The fraction of sp³-hybridized carbons (Fsp3) is 0.0233. The number of allylic oxidation sites excluding steroid dienone is 3. The van der Waals surface area contributed by atoms with Crippen LogP contribution < -0.4 is 5.73 Å². The lowest BCUT2D eigenvalue weighted by atomic mass is 9.94. The van der Waals surface area contributed by atoms with E-state index < -0.39 is 0 Å². The van der Waals surface area contributed by atoms with E-state index in [0.717, 1.165) is 12.1 Å². The molecule has 8 aromatic rings. The summed E-state index contributed by atoms with van der Waals surface area (Å²) in [6.07, 6.45) is 8.41. The molecule has 0 amide bonds. The van der Waals surface area contributed by atoms with Gasteiger partial charge in [-0.25, -0.2) is 0 Å². The molecule has 0 saturated carbocycles. The lowest BCUT2D eigenvalue weighted by Crippen LogP contribution is -1.95. The van der Waals surface area contributed by atoms with E-state index in [-0.39, 0.29) is 0 Å². The Bertz CT molecular complexity index is 2400. The number of hydrogen-bond donors (Lipinski definition) is 1. The van der Waals surface area contributed by atoms with E-state index in [9.17, 15) is 0 Å². The fourth-order valence-corrected chi connectivity index (χ4v) is 6.72. The van der Waals surface area contributed by atoms with Gasteiger partial charge < -0.3 is 10.3 Å². The normalized spacial score (nSPS) is 12.0. The average molecular weight is 577 g/mol. The van der Waals surface area contributed by atoms with E-state index in [1.807, 2.05) is 12.2 Å². The molecule has 0 bridgehead atoms. The second-order valence-corrected chi connectivity index (χ2v) is 11.5. The van der Waals surface area contributed by atoms with Gasteiger partial charge in [-0.2, -0.15) is 0 Å². The first-order valence-electron chi connectivity index (χ1n) is 15.5. The zero-order chi connectivity index (χ0) is 30.2. The van der Waals surface area contributed by atoms with Gasteiger partial charge in [-0.05, 0) is 93.0 Å². The minimum absolute atomic E-state index is 0.846. The number of nitrogens with zero attached hydrogens (tertiary/aromatic N) is 1. The summed E-state index contributed by atoms with van der Waals surface area (Å²) in [6, 6.07) is 53.1. The number of benzene rings is 7. The molecule has 0 aliphatic rings. The number of rotatable bonds is 6. The first-order chi connectivity index (χ1) is 22.3. The SMILES string of the molecule is N/C=C\C=C/Cc1ccc2c3ccc4cc(-c5cccc(-c6cccc7ccccc67)c5)ccc4c3n(-c3ccccc3)c2c1. The molecule has 8 rings (SSSR count). The molecule has 2 N–H and O–H groups in total. The summed E-state index contributed by atoms with van der Waals surface area (Å²) in [4.78, 5) is 0. The Morgan fingerprint density at radius 3 is 2.18 bits per heavy atom. The van der Waals surface area contributed by atoms with Crippen LogP contribution in [0.2, 0.25) is 0 Å². The third-order valence-corrected chi connectivity index (χ3v) is 8.83. The summed E-state index contributed by atoms with van der Waals surface area (Å²) in [7, 11) is 0. The highest BCUT2D eigenvalue weighted by Gasteiger charge is 2.16.